The number of amides is 1. The Kier molecular flexibility index (Phi) is 6.52. The minimum atomic E-state index is -1.30. The lowest BCUT2D eigenvalue weighted by Crippen LogP contribution is -2.31. The largest absolute Gasteiger partial charge is 0.383 e. The first kappa shape index (κ1) is 17.4. The zero-order valence-corrected chi connectivity index (χ0v) is 13.5. The van der Waals surface area contributed by atoms with Gasteiger partial charge in [-0.2, -0.15) is 0 Å². The number of nitrogens with zero attached hydrogens (tertiary/aromatic N) is 3. The maximum absolute atomic E-state index is 12.0. The number of hydrogen-bond acceptors (Lipinski definition) is 5. The molecule has 124 valence electrons. The first-order chi connectivity index (χ1) is 11.1. The number of carbonyl (C=O) groups excluding carboxylic acids is 1. The minimum absolute atomic E-state index is 0.339. The van der Waals surface area contributed by atoms with Gasteiger partial charge < -0.3 is 19.7 Å². The SMILES string of the molecule is COCCn1cnnc1CCNC(=O)[C@H](O)c1ccccc1Cl. The molecule has 1 amide bonds. The molecule has 7 nitrogen and oxygen atoms in total. The molecule has 2 N–H and O–H groups in total. The van der Waals surface area contributed by atoms with Crippen molar-refractivity contribution in [2.24, 2.45) is 0 Å². The van der Waals surface area contributed by atoms with E-state index in [1.807, 2.05) is 4.57 Å². The van der Waals surface area contributed by atoms with Gasteiger partial charge in [0.05, 0.1) is 6.61 Å². The fraction of sp³-hybridized carbons (Fsp3) is 0.400. The number of aliphatic hydroxyl groups is 1. The third-order valence-corrected chi connectivity index (χ3v) is 3.67. The lowest BCUT2D eigenvalue weighted by Gasteiger charge is -2.13. The third-order valence-electron chi connectivity index (χ3n) is 3.33. The van der Waals surface area contributed by atoms with Crippen molar-refractivity contribution in [3.63, 3.8) is 0 Å². The highest BCUT2D eigenvalue weighted by Crippen LogP contribution is 2.22. The van der Waals surface area contributed by atoms with Gasteiger partial charge in [-0.1, -0.05) is 29.8 Å². The summed E-state index contributed by atoms with van der Waals surface area (Å²) in [6, 6.07) is 6.71. The Labute approximate surface area is 139 Å². The molecule has 0 aliphatic heterocycles. The van der Waals surface area contributed by atoms with Crippen LogP contribution in [0.2, 0.25) is 5.02 Å². The van der Waals surface area contributed by atoms with E-state index in [4.69, 9.17) is 16.3 Å². The maximum atomic E-state index is 12.0. The maximum Gasteiger partial charge on any atom is 0.253 e. The van der Waals surface area contributed by atoms with Crippen molar-refractivity contribution >= 4 is 17.5 Å². The van der Waals surface area contributed by atoms with Crippen LogP contribution in [-0.2, 0) is 22.5 Å². The highest BCUT2D eigenvalue weighted by molar-refractivity contribution is 6.31. The highest BCUT2D eigenvalue weighted by atomic mass is 35.5. The van der Waals surface area contributed by atoms with Gasteiger partial charge in [0.15, 0.2) is 6.10 Å². The van der Waals surface area contributed by atoms with Crippen LogP contribution in [0.4, 0.5) is 0 Å². The van der Waals surface area contributed by atoms with Gasteiger partial charge in [0, 0.05) is 37.2 Å². The van der Waals surface area contributed by atoms with Crippen LogP contribution in [0.25, 0.3) is 0 Å². The van der Waals surface area contributed by atoms with Crippen LogP contribution in [0.5, 0.6) is 0 Å². The predicted molar refractivity (Wildman–Crippen MR) is 85.0 cm³/mol. The number of halogens is 1. The summed E-state index contributed by atoms with van der Waals surface area (Å²) in [4.78, 5) is 12.0. The third kappa shape index (κ3) is 4.75. The summed E-state index contributed by atoms with van der Waals surface area (Å²) in [6.07, 6.45) is 0.828. The number of aromatic nitrogens is 3. The van der Waals surface area contributed by atoms with Crippen LogP contribution in [0.1, 0.15) is 17.5 Å². The first-order valence-corrected chi connectivity index (χ1v) is 7.57. The molecule has 0 saturated heterocycles. The average molecular weight is 339 g/mol. The van der Waals surface area contributed by atoms with E-state index in [1.54, 1.807) is 37.7 Å². The summed E-state index contributed by atoms with van der Waals surface area (Å²) in [5, 5.41) is 20.9. The molecule has 0 radical (unpaired) electrons. The summed E-state index contributed by atoms with van der Waals surface area (Å²) < 4.78 is 6.87. The minimum Gasteiger partial charge on any atom is -0.383 e. The molecule has 0 fully saturated rings. The zero-order valence-electron chi connectivity index (χ0n) is 12.8. The van der Waals surface area contributed by atoms with Gasteiger partial charge in [-0.3, -0.25) is 4.79 Å². The van der Waals surface area contributed by atoms with Crippen molar-refractivity contribution in [1.82, 2.24) is 20.1 Å². The number of benzene rings is 1. The second-order valence-electron chi connectivity index (χ2n) is 4.90. The van der Waals surface area contributed by atoms with E-state index in [0.29, 0.717) is 36.7 Å². The summed E-state index contributed by atoms with van der Waals surface area (Å²) >= 11 is 5.97. The number of hydrogen-bond donors (Lipinski definition) is 2. The molecule has 2 rings (SSSR count). The molecule has 1 heterocycles. The highest BCUT2D eigenvalue weighted by Gasteiger charge is 2.19. The number of nitrogens with one attached hydrogen (secondary N) is 1. The van der Waals surface area contributed by atoms with Crippen molar-refractivity contribution in [2.75, 3.05) is 20.3 Å². The van der Waals surface area contributed by atoms with Crippen molar-refractivity contribution in [3.8, 4) is 0 Å². The molecule has 2 aromatic rings. The second kappa shape index (κ2) is 8.61. The zero-order chi connectivity index (χ0) is 16.7. The second-order valence-corrected chi connectivity index (χ2v) is 5.31. The van der Waals surface area contributed by atoms with Crippen LogP contribution in [0.3, 0.4) is 0 Å². The van der Waals surface area contributed by atoms with Crippen LogP contribution >= 0.6 is 11.6 Å². The molecule has 0 bridgehead atoms. The fourth-order valence-electron chi connectivity index (χ4n) is 2.08. The van der Waals surface area contributed by atoms with E-state index < -0.39 is 12.0 Å². The van der Waals surface area contributed by atoms with E-state index in [-0.39, 0.29) is 0 Å². The number of aliphatic hydroxyl groups excluding tert-OH is 1. The Morgan fingerprint density at radius 2 is 2.26 bits per heavy atom. The van der Waals surface area contributed by atoms with Crippen LogP contribution < -0.4 is 5.32 Å². The Hall–Kier alpha value is -1.96. The molecule has 1 atom stereocenters. The molecule has 1 aromatic heterocycles. The molecule has 8 heteroatoms. The van der Waals surface area contributed by atoms with Crippen molar-refractivity contribution < 1.29 is 14.6 Å². The molecule has 0 aliphatic rings. The van der Waals surface area contributed by atoms with Gasteiger partial charge in [-0.25, -0.2) is 0 Å². The Morgan fingerprint density at radius 3 is 3.00 bits per heavy atom. The lowest BCUT2D eigenvalue weighted by molar-refractivity contribution is -0.129. The van der Waals surface area contributed by atoms with Crippen LogP contribution in [-0.4, -0.2) is 46.0 Å². The van der Waals surface area contributed by atoms with Gasteiger partial charge in [-0.15, -0.1) is 10.2 Å². The van der Waals surface area contributed by atoms with E-state index in [1.165, 1.54) is 0 Å². The monoisotopic (exact) mass is 338 g/mol. The van der Waals surface area contributed by atoms with Gasteiger partial charge >= 0.3 is 0 Å². The van der Waals surface area contributed by atoms with Gasteiger partial charge in [0.25, 0.3) is 5.91 Å². The number of carbonyl (C=O) groups is 1. The lowest BCUT2D eigenvalue weighted by atomic mass is 10.1. The molecule has 1 aromatic carbocycles. The Bertz CT molecular complexity index is 647. The van der Waals surface area contributed by atoms with Crippen molar-refractivity contribution in [2.45, 2.75) is 19.1 Å². The first-order valence-electron chi connectivity index (χ1n) is 7.19. The predicted octanol–water partition coefficient (Wildman–Crippen LogP) is 0.970. The van der Waals surface area contributed by atoms with Gasteiger partial charge in [0.2, 0.25) is 0 Å². The van der Waals surface area contributed by atoms with E-state index >= 15 is 0 Å². The van der Waals surface area contributed by atoms with E-state index in [9.17, 15) is 9.90 Å². The van der Waals surface area contributed by atoms with E-state index in [2.05, 4.69) is 15.5 Å². The number of rotatable bonds is 8. The number of methoxy groups -OCH3 is 1. The summed E-state index contributed by atoms with van der Waals surface area (Å²) in [7, 11) is 1.63. The van der Waals surface area contributed by atoms with Crippen molar-refractivity contribution in [3.05, 3.63) is 47.0 Å². The molecular formula is C15H19ClN4O3. The molecule has 0 saturated carbocycles. The summed E-state index contributed by atoms with van der Waals surface area (Å²) in [5.41, 5.74) is 0.384. The molecule has 23 heavy (non-hydrogen) atoms. The molecular weight excluding hydrogens is 320 g/mol. The molecule has 0 aliphatic carbocycles. The average Bonchev–Trinajstić information content (AvgIpc) is 3.00. The smallest absolute Gasteiger partial charge is 0.253 e. The van der Waals surface area contributed by atoms with Crippen LogP contribution in [0.15, 0.2) is 30.6 Å². The normalized spacial score (nSPS) is 12.1. The standard InChI is InChI=1S/C15H19ClN4O3/c1-23-9-8-20-10-18-19-13(20)6-7-17-15(22)14(21)11-4-2-3-5-12(11)16/h2-5,10,14,21H,6-9H2,1H3,(H,17,22)/t14-/m1/s1. The van der Waals surface area contributed by atoms with Gasteiger partial charge in [-0.05, 0) is 6.07 Å². The van der Waals surface area contributed by atoms with Crippen LogP contribution in [0, 0.1) is 0 Å². The topological polar surface area (TPSA) is 89.3 Å². The van der Waals surface area contributed by atoms with Gasteiger partial charge in [0.1, 0.15) is 12.2 Å². The fourth-order valence-corrected chi connectivity index (χ4v) is 2.32. The quantitative estimate of drug-likeness (QED) is 0.748. The Balaban J connectivity index is 1.85. The Morgan fingerprint density at radius 1 is 1.48 bits per heavy atom. The summed E-state index contributed by atoms with van der Waals surface area (Å²) in [5.74, 6) is 0.246. The van der Waals surface area contributed by atoms with E-state index in [0.717, 1.165) is 5.82 Å². The molecule has 0 spiro atoms. The number of ether oxygens (including phenoxy) is 1. The van der Waals surface area contributed by atoms with Crippen molar-refractivity contribution in [1.29, 1.82) is 0 Å². The molecule has 0 unspecified atom stereocenters. The summed E-state index contributed by atoms with van der Waals surface area (Å²) in [6.45, 7) is 1.55.